The molecular formula is C19H18BrNO5. The number of methoxy groups -OCH3 is 3. The second kappa shape index (κ2) is 7.80. The van der Waals surface area contributed by atoms with E-state index >= 15 is 0 Å². The van der Waals surface area contributed by atoms with Crippen molar-refractivity contribution in [3.05, 3.63) is 46.4 Å². The third-order valence-corrected chi connectivity index (χ3v) is 4.46. The molecule has 1 aromatic heterocycles. The maximum atomic E-state index is 9.93. The van der Waals surface area contributed by atoms with Gasteiger partial charge < -0.3 is 23.8 Å². The van der Waals surface area contributed by atoms with Gasteiger partial charge in [0.25, 0.3) is 0 Å². The molecule has 3 aromatic rings. The number of benzene rings is 2. The average molecular weight is 420 g/mol. The topological polar surface area (TPSA) is 74.0 Å². The Morgan fingerprint density at radius 2 is 1.69 bits per heavy atom. The van der Waals surface area contributed by atoms with E-state index in [0.717, 1.165) is 10.0 Å². The highest BCUT2D eigenvalue weighted by Crippen LogP contribution is 2.42. The van der Waals surface area contributed by atoms with Gasteiger partial charge in [-0.3, -0.25) is 0 Å². The van der Waals surface area contributed by atoms with E-state index in [9.17, 15) is 5.11 Å². The normalized spacial score (nSPS) is 10.7. The number of ether oxygens (including phenoxy) is 3. The standard InChI is InChI=1S/C19H18BrNO5/c1-23-15-8-12(9-16(24-2)19(15)25-3)17-14(10-22)18(26-21-17)11-5-4-6-13(20)7-11/h4-9,22H,10H2,1-3H3. The molecule has 7 heteroatoms. The van der Waals surface area contributed by atoms with E-state index in [0.29, 0.717) is 39.8 Å². The van der Waals surface area contributed by atoms with Gasteiger partial charge >= 0.3 is 0 Å². The Morgan fingerprint density at radius 1 is 1.00 bits per heavy atom. The van der Waals surface area contributed by atoms with Crippen molar-refractivity contribution in [1.82, 2.24) is 5.16 Å². The van der Waals surface area contributed by atoms with Crippen molar-refractivity contribution in [2.75, 3.05) is 21.3 Å². The SMILES string of the molecule is COc1cc(-c2noc(-c3cccc(Br)c3)c2CO)cc(OC)c1OC. The van der Waals surface area contributed by atoms with E-state index < -0.39 is 0 Å². The summed E-state index contributed by atoms with van der Waals surface area (Å²) in [6.07, 6.45) is 0. The van der Waals surface area contributed by atoms with Crippen LogP contribution in [0, 0.1) is 0 Å². The molecule has 0 saturated carbocycles. The van der Waals surface area contributed by atoms with Crippen LogP contribution in [0.2, 0.25) is 0 Å². The maximum absolute atomic E-state index is 9.93. The van der Waals surface area contributed by atoms with Gasteiger partial charge in [0.2, 0.25) is 5.75 Å². The molecule has 1 N–H and O–H groups in total. The smallest absolute Gasteiger partial charge is 0.203 e. The van der Waals surface area contributed by atoms with Crippen LogP contribution in [0.4, 0.5) is 0 Å². The highest BCUT2D eigenvalue weighted by atomic mass is 79.9. The first-order chi connectivity index (χ1) is 12.6. The van der Waals surface area contributed by atoms with Crippen molar-refractivity contribution in [1.29, 1.82) is 0 Å². The van der Waals surface area contributed by atoms with E-state index in [4.69, 9.17) is 18.7 Å². The number of hydrogen-bond acceptors (Lipinski definition) is 6. The van der Waals surface area contributed by atoms with Gasteiger partial charge in [-0.05, 0) is 24.3 Å². The minimum Gasteiger partial charge on any atom is -0.493 e. The first kappa shape index (κ1) is 18.3. The molecule has 136 valence electrons. The van der Waals surface area contributed by atoms with Gasteiger partial charge in [0, 0.05) is 15.6 Å². The number of aliphatic hydroxyl groups is 1. The Kier molecular flexibility index (Phi) is 5.49. The van der Waals surface area contributed by atoms with Crippen LogP contribution in [0.25, 0.3) is 22.6 Å². The van der Waals surface area contributed by atoms with E-state index in [-0.39, 0.29) is 6.61 Å². The van der Waals surface area contributed by atoms with E-state index in [2.05, 4.69) is 21.1 Å². The van der Waals surface area contributed by atoms with Crippen molar-refractivity contribution in [3.8, 4) is 39.8 Å². The first-order valence-electron chi connectivity index (χ1n) is 7.78. The second-order valence-corrected chi connectivity index (χ2v) is 6.34. The summed E-state index contributed by atoms with van der Waals surface area (Å²) in [6, 6.07) is 11.1. The summed E-state index contributed by atoms with van der Waals surface area (Å²) in [5.41, 5.74) is 2.60. The largest absolute Gasteiger partial charge is 0.493 e. The third kappa shape index (κ3) is 3.27. The predicted octanol–water partition coefficient (Wildman–Crippen LogP) is 4.29. The molecule has 0 amide bonds. The molecule has 0 aliphatic carbocycles. The molecule has 0 aliphatic heterocycles. The van der Waals surface area contributed by atoms with Crippen LogP contribution in [0.15, 0.2) is 45.4 Å². The monoisotopic (exact) mass is 419 g/mol. The second-order valence-electron chi connectivity index (χ2n) is 5.42. The van der Waals surface area contributed by atoms with E-state index in [1.807, 2.05) is 24.3 Å². The minimum absolute atomic E-state index is 0.225. The lowest BCUT2D eigenvalue weighted by molar-refractivity contribution is 0.281. The van der Waals surface area contributed by atoms with Gasteiger partial charge in [-0.25, -0.2) is 0 Å². The number of hydrogen-bond donors (Lipinski definition) is 1. The van der Waals surface area contributed by atoms with Gasteiger partial charge in [-0.1, -0.05) is 33.2 Å². The number of aliphatic hydroxyl groups excluding tert-OH is 1. The lowest BCUT2D eigenvalue weighted by atomic mass is 10.0. The Bertz CT molecular complexity index is 897. The zero-order valence-corrected chi connectivity index (χ0v) is 16.2. The summed E-state index contributed by atoms with van der Waals surface area (Å²) in [4.78, 5) is 0. The molecule has 3 rings (SSSR count). The van der Waals surface area contributed by atoms with Gasteiger partial charge in [0.1, 0.15) is 5.69 Å². The number of halogens is 1. The molecule has 1 heterocycles. The fraction of sp³-hybridized carbons (Fsp3) is 0.211. The molecule has 0 unspecified atom stereocenters. The van der Waals surface area contributed by atoms with Crippen molar-refractivity contribution >= 4 is 15.9 Å². The van der Waals surface area contributed by atoms with Crippen LogP contribution in [-0.4, -0.2) is 31.6 Å². The summed E-state index contributed by atoms with van der Waals surface area (Å²) >= 11 is 3.44. The fourth-order valence-electron chi connectivity index (χ4n) is 2.76. The fourth-order valence-corrected chi connectivity index (χ4v) is 3.16. The molecule has 0 radical (unpaired) electrons. The highest BCUT2D eigenvalue weighted by molar-refractivity contribution is 9.10. The van der Waals surface area contributed by atoms with Crippen LogP contribution in [-0.2, 0) is 6.61 Å². The Morgan fingerprint density at radius 3 is 2.23 bits per heavy atom. The van der Waals surface area contributed by atoms with Crippen LogP contribution in [0.3, 0.4) is 0 Å². The number of nitrogens with zero attached hydrogens (tertiary/aromatic N) is 1. The molecular weight excluding hydrogens is 402 g/mol. The van der Waals surface area contributed by atoms with Gasteiger partial charge in [0.15, 0.2) is 17.3 Å². The molecule has 0 bridgehead atoms. The van der Waals surface area contributed by atoms with Crippen molar-refractivity contribution in [2.45, 2.75) is 6.61 Å². The lowest BCUT2D eigenvalue weighted by Crippen LogP contribution is -1.97. The molecule has 26 heavy (non-hydrogen) atoms. The third-order valence-electron chi connectivity index (χ3n) is 3.97. The lowest BCUT2D eigenvalue weighted by Gasteiger charge is -2.13. The minimum atomic E-state index is -0.225. The van der Waals surface area contributed by atoms with Gasteiger partial charge in [-0.2, -0.15) is 0 Å². The van der Waals surface area contributed by atoms with Crippen molar-refractivity contribution in [3.63, 3.8) is 0 Å². The van der Waals surface area contributed by atoms with Crippen molar-refractivity contribution < 1.29 is 23.8 Å². The Labute approximate surface area is 159 Å². The maximum Gasteiger partial charge on any atom is 0.203 e. The Balaban J connectivity index is 2.16. The highest BCUT2D eigenvalue weighted by Gasteiger charge is 2.22. The van der Waals surface area contributed by atoms with E-state index in [1.54, 1.807) is 33.5 Å². The summed E-state index contributed by atoms with van der Waals surface area (Å²) in [7, 11) is 4.63. The molecule has 0 atom stereocenters. The Hall–Kier alpha value is -2.51. The quantitative estimate of drug-likeness (QED) is 0.642. The summed E-state index contributed by atoms with van der Waals surface area (Å²) in [5, 5.41) is 14.1. The van der Waals surface area contributed by atoms with Crippen LogP contribution < -0.4 is 14.2 Å². The molecule has 0 fully saturated rings. The summed E-state index contributed by atoms with van der Waals surface area (Å²) < 4.78 is 22.6. The average Bonchev–Trinajstić information content (AvgIpc) is 3.10. The molecule has 0 aliphatic rings. The first-order valence-corrected chi connectivity index (χ1v) is 8.58. The molecule has 0 saturated heterocycles. The zero-order valence-electron chi connectivity index (χ0n) is 14.6. The molecule has 2 aromatic carbocycles. The number of aromatic nitrogens is 1. The predicted molar refractivity (Wildman–Crippen MR) is 101 cm³/mol. The molecule has 6 nitrogen and oxygen atoms in total. The van der Waals surface area contributed by atoms with Crippen molar-refractivity contribution in [2.24, 2.45) is 0 Å². The van der Waals surface area contributed by atoms with Crippen LogP contribution in [0.5, 0.6) is 17.2 Å². The van der Waals surface area contributed by atoms with E-state index in [1.165, 1.54) is 0 Å². The van der Waals surface area contributed by atoms with Gasteiger partial charge in [-0.15, -0.1) is 0 Å². The summed E-state index contributed by atoms with van der Waals surface area (Å²) in [6.45, 7) is -0.225. The summed E-state index contributed by atoms with van der Waals surface area (Å²) in [5.74, 6) is 1.99. The van der Waals surface area contributed by atoms with Crippen LogP contribution in [0.1, 0.15) is 5.56 Å². The number of rotatable bonds is 6. The van der Waals surface area contributed by atoms with Gasteiger partial charge in [0.05, 0.1) is 33.5 Å². The van der Waals surface area contributed by atoms with Crippen LogP contribution >= 0.6 is 15.9 Å². The zero-order chi connectivity index (χ0) is 18.7. The molecule has 0 spiro atoms.